The second-order valence-electron chi connectivity index (χ2n) is 8.61. The van der Waals surface area contributed by atoms with E-state index >= 15 is 0 Å². The van der Waals surface area contributed by atoms with Crippen LogP contribution in [0.3, 0.4) is 0 Å². The van der Waals surface area contributed by atoms with Crippen LogP contribution in [0.2, 0.25) is 0 Å². The maximum Gasteiger partial charge on any atom is 0.224 e. The summed E-state index contributed by atoms with van der Waals surface area (Å²) >= 11 is 0. The molecular formula is C25H26FN7O. The van der Waals surface area contributed by atoms with E-state index in [2.05, 4.69) is 30.5 Å². The van der Waals surface area contributed by atoms with Gasteiger partial charge in [0.25, 0.3) is 0 Å². The number of amides is 1. The number of halogens is 1. The van der Waals surface area contributed by atoms with E-state index in [0.29, 0.717) is 37.6 Å². The van der Waals surface area contributed by atoms with E-state index in [4.69, 9.17) is 0 Å². The number of carbonyl (C=O) groups is 1. The molecule has 34 heavy (non-hydrogen) atoms. The number of likely N-dealkylation sites (tertiary alicyclic amines) is 1. The highest BCUT2D eigenvalue weighted by Gasteiger charge is 2.32. The molecular weight excluding hydrogens is 433 g/mol. The van der Waals surface area contributed by atoms with Crippen LogP contribution in [0.5, 0.6) is 0 Å². The molecule has 0 unspecified atom stereocenters. The summed E-state index contributed by atoms with van der Waals surface area (Å²) in [6, 6.07) is 12.2. The summed E-state index contributed by atoms with van der Waals surface area (Å²) < 4.78 is 13.1. The van der Waals surface area contributed by atoms with Crippen LogP contribution >= 0.6 is 0 Å². The Hall–Kier alpha value is -3.88. The molecule has 174 valence electrons. The van der Waals surface area contributed by atoms with E-state index in [0.717, 1.165) is 40.7 Å². The first-order chi connectivity index (χ1) is 16.6. The minimum Gasteiger partial charge on any atom is -0.369 e. The number of hydrogen-bond donors (Lipinski definition) is 2. The number of fused-ring (bicyclic) bond motifs is 1. The molecule has 2 N–H and O–H groups in total. The van der Waals surface area contributed by atoms with Crippen molar-refractivity contribution in [2.24, 2.45) is 0 Å². The number of aromatic nitrogens is 5. The lowest BCUT2D eigenvalue weighted by molar-refractivity contribution is -0.132. The lowest BCUT2D eigenvalue weighted by Gasteiger charge is -2.22. The molecule has 1 aliphatic rings. The summed E-state index contributed by atoms with van der Waals surface area (Å²) in [5.41, 5.74) is 2.95. The van der Waals surface area contributed by atoms with E-state index in [1.807, 2.05) is 30.0 Å². The Morgan fingerprint density at radius 2 is 2.06 bits per heavy atom. The second kappa shape index (κ2) is 9.54. The molecule has 4 aromatic rings. The summed E-state index contributed by atoms with van der Waals surface area (Å²) in [6.07, 6.45) is 4.17. The van der Waals surface area contributed by atoms with Gasteiger partial charge >= 0.3 is 0 Å². The fourth-order valence-corrected chi connectivity index (χ4v) is 4.41. The van der Waals surface area contributed by atoms with Crippen LogP contribution in [0.25, 0.3) is 10.9 Å². The lowest BCUT2D eigenvalue weighted by Crippen LogP contribution is -2.32. The van der Waals surface area contributed by atoms with Crippen molar-refractivity contribution in [2.75, 3.05) is 18.4 Å². The molecule has 1 atom stereocenters. The number of nitrogens with one attached hydrogen (secondary N) is 2. The highest BCUT2D eigenvalue weighted by atomic mass is 19.1. The normalized spacial score (nSPS) is 15.7. The first-order valence-corrected chi connectivity index (χ1v) is 11.5. The van der Waals surface area contributed by atoms with Crippen molar-refractivity contribution in [3.8, 4) is 0 Å². The van der Waals surface area contributed by atoms with Crippen molar-refractivity contribution in [3.05, 3.63) is 77.4 Å². The number of aromatic amines is 1. The Balaban J connectivity index is 1.21. The summed E-state index contributed by atoms with van der Waals surface area (Å²) in [7, 11) is 0. The SMILES string of the molecule is Cc1ccc2ncnc(NCCC(=O)N3CCC[C@@H]3c3n[nH]c(Cc4ccc(F)cc4)n3)c2c1. The summed E-state index contributed by atoms with van der Waals surface area (Å²) in [5.74, 6) is 1.87. The van der Waals surface area contributed by atoms with Gasteiger partial charge in [0.15, 0.2) is 5.82 Å². The van der Waals surface area contributed by atoms with Crippen LogP contribution in [0.1, 0.15) is 48.1 Å². The van der Waals surface area contributed by atoms with Gasteiger partial charge in [-0.2, -0.15) is 5.10 Å². The van der Waals surface area contributed by atoms with Gasteiger partial charge in [-0.3, -0.25) is 9.89 Å². The zero-order chi connectivity index (χ0) is 23.5. The van der Waals surface area contributed by atoms with Gasteiger partial charge in [-0.05, 0) is 49.6 Å². The number of hydrogen-bond acceptors (Lipinski definition) is 6. The Labute approximate surface area is 196 Å². The Bertz CT molecular complexity index is 1300. The average Bonchev–Trinajstić information content (AvgIpc) is 3.50. The van der Waals surface area contributed by atoms with Gasteiger partial charge in [0.2, 0.25) is 5.91 Å². The third-order valence-electron chi connectivity index (χ3n) is 6.13. The van der Waals surface area contributed by atoms with Gasteiger partial charge in [-0.15, -0.1) is 0 Å². The van der Waals surface area contributed by atoms with Crippen molar-refractivity contribution in [3.63, 3.8) is 0 Å². The predicted octanol–water partition coefficient (Wildman–Crippen LogP) is 3.95. The van der Waals surface area contributed by atoms with E-state index in [1.165, 1.54) is 18.5 Å². The Morgan fingerprint density at radius 3 is 2.91 bits per heavy atom. The zero-order valence-electron chi connectivity index (χ0n) is 19.0. The third kappa shape index (κ3) is 4.73. The third-order valence-corrected chi connectivity index (χ3v) is 6.13. The fraction of sp³-hybridized carbons (Fsp3) is 0.320. The van der Waals surface area contributed by atoms with E-state index in [9.17, 15) is 9.18 Å². The van der Waals surface area contributed by atoms with Crippen molar-refractivity contribution >= 4 is 22.6 Å². The van der Waals surface area contributed by atoms with Gasteiger partial charge in [0.1, 0.15) is 23.8 Å². The standard InChI is InChI=1S/C25H26FN7O/c1-16-4-9-20-19(13-16)24(29-15-28-20)27-11-10-23(34)33-12-2-3-21(33)25-30-22(31-32-25)14-17-5-7-18(26)8-6-17/h4-9,13,15,21H,2-3,10-12,14H2,1H3,(H,27,28,29)(H,30,31,32)/t21-/m1/s1. The van der Waals surface area contributed by atoms with Crippen molar-refractivity contribution in [2.45, 2.75) is 38.6 Å². The molecule has 9 heteroatoms. The van der Waals surface area contributed by atoms with Crippen LogP contribution in [0.4, 0.5) is 10.2 Å². The Morgan fingerprint density at radius 1 is 1.21 bits per heavy atom. The highest BCUT2D eigenvalue weighted by Crippen LogP contribution is 2.30. The van der Waals surface area contributed by atoms with Gasteiger partial charge in [-0.1, -0.05) is 23.8 Å². The molecule has 0 aliphatic carbocycles. The molecule has 3 heterocycles. The quantitative estimate of drug-likeness (QED) is 0.434. The molecule has 2 aromatic carbocycles. The Kier molecular flexibility index (Phi) is 6.16. The van der Waals surface area contributed by atoms with Crippen LogP contribution in [0, 0.1) is 12.7 Å². The number of carbonyl (C=O) groups excluding carboxylic acids is 1. The maximum atomic E-state index is 13.1. The van der Waals surface area contributed by atoms with Crippen molar-refractivity contribution in [1.82, 2.24) is 30.0 Å². The minimum atomic E-state index is -0.264. The number of anilines is 1. The smallest absolute Gasteiger partial charge is 0.224 e. The molecule has 1 aliphatic heterocycles. The van der Waals surface area contributed by atoms with Crippen molar-refractivity contribution in [1.29, 1.82) is 0 Å². The molecule has 1 saturated heterocycles. The van der Waals surface area contributed by atoms with Gasteiger partial charge in [-0.25, -0.2) is 19.3 Å². The fourth-order valence-electron chi connectivity index (χ4n) is 4.41. The van der Waals surface area contributed by atoms with Gasteiger partial charge in [0.05, 0.1) is 11.6 Å². The molecule has 0 bridgehead atoms. The van der Waals surface area contributed by atoms with Gasteiger partial charge < -0.3 is 10.2 Å². The minimum absolute atomic E-state index is 0.0643. The first-order valence-electron chi connectivity index (χ1n) is 11.5. The number of nitrogens with zero attached hydrogens (tertiary/aromatic N) is 5. The van der Waals surface area contributed by atoms with Crippen LogP contribution < -0.4 is 5.32 Å². The maximum absolute atomic E-state index is 13.1. The number of benzene rings is 2. The van der Waals surface area contributed by atoms with E-state index in [1.54, 1.807) is 12.1 Å². The van der Waals surface area contributed by atoms with Crippen LogP contribution in [-0.4, -0.2) is 49.0 Å². The van der Waals surface area contributed by atoms with E-state index < -0.39 is 0 Å². The predicted molar refractivity (Wildman–Crippen MR) is 127 cm³/mol. The largest absolute Gasteiger partial charge is 0.369 e. The number of aryl methyl sites for hydroxylation is 1. The molecule has 0 saturated carbocycles. The summed E-state index contributed by atoms with van der Waals surface area (Å²) in [6.45, 7) is 3.20. The topological polar surface area (TPSA) is 99.7 Å². The molecule has 8 nitrogen and oxygen atoms in total. The molecule has 1 amide bonds. The second-order valence-corrected chi connectivity index (χ2v) is 8.61. The number of rotatable bonds is 7. The molecule has 1 fully saturated rings. The summed E-state index contributed by atoms with van der Waals surface area (Å²) in [5, 5.41) is 11.6. The number of H-pyrrole nitrogens is 1. The summed E-state index contributed by atoms with van der Waals surface area (Å²) in [4.78, 5) is 28.2. The average molecular weight is 460 g/mol. The van der Waals surface area contributed by atoms with Crippen molar-refractivity contribution < 1.29 is 9.18 Å². The molecule has 2 aromatic heterocycles. The molecule has 0 radical (unpaired) electrons. The molecule has 0 spiro atoms. The van der Waals surface area contributed by atoms with Crippen LogP contribution in [-0.2, 0) is 11.2 Å². The highest BCUT2D eigenvalue weighted by molar-refractivity contribution is 5.89. The van der Waals surface area contributed by atoms with Gasteiger partial charge in [0, 0.05) is 31.3 Å². The van der Waals surface area contributed by atoms with E-state index in [-0.39, 0.29) is 17.8 Å². The zero-order valence-corrected chi connectivity index (χ0v) is 19.0. The lowest BCUT2D eigenvalue weighted by atomic mass is 10.1. The first kappa shape index (κ1) is 21.9. The van der Waals surface area contributed by atoms with Crippen LogP contribution in [0.15, 0.2) is 48.8 Å². The molecule has 5 rings (SSSR count). The monoisotopic (exact) mass is 459 g/mol.